The lowest BCUT2D eigenvalue weighted by Crippen LogP contribution is -2.48. The van der Waals surface area contributed by atoms with Gasteiger partial charge in [-0.1, -0.05) is 24.3 Å². The Kier molecular flexibility index (Phi) is 8.17. The number of para-hydroxylation sites is 1. The van der Waals surface area contributed by atoms with Crippen molar-refractivity contribution in [3.63, 3.8) is 0 Å². The van der Waals surface area contributed by atoms with Crippen LogP contribution in [-0.2, 0) is 6.54 Å². The van der Waals surface area contributed by atoms with Gasteiger partial charge >= 0.3 is 0 Å². The van der Waals surface area contributed by atoms with Crippen LogP contribution in [-0.4, -0.2) is 48.7 Å². The van der Waals surface area contributed by atoms with Gasteiger partial charge < -0.3 is 15.4 Å². The van der Waals surface area contributed by atoms with E-state index in [4.69, 9.17) is 9.73 Å². The number of benzene rings is 1. The molecule has 0 bridgehead atoms. The first-order valence-electron chi connectivity index (χ1n) is 10.1. The van der Waals surface area contributed by atoms with E-state index in [1.807, 2.05) is 24.3 Å². The van der Waals surface area contributed by atoms with Gasteiger partial charge in [0.25, 0.3) is 0 Å². The molecule has 1 aromatic rings. The van der Waals surface area contributed by atoms with Crippen molar-refractivity contribution in [2.75, 3.05) is 26.2 Å². The second kappa shape index (κ2) is 10.4. The van der Waals surface area contributed by atoms with Gasteiger partial charge in [-0.3, -0.25) is 4.90 Å². The van der Waals surface area contributed by atoms with Gasteiger partial charge in [0.05, 0.1) is 6.54 Å². The summed E-state index contributed by atoms with van der Waals surface area (Å²) >= 11 is 0. The lowest BCUT2D eigenvalue weighted by molar-refractivity contribution is 0.129. The van der Waals surface area contributed by atoms with Crippen molar-refractivity contribution < 1.29 is 4.74 Å². The summed E-state index contributed by atoms with van der Waals surface area (Å²) in [7, 11) is 0. The number of nitrogens with zero attached hydrogens (tertiary/aromatic N) is 2. The van der Waals surface area contributed by atoms with Gasteiger partial charge in [0.15, 0.2) is 5.96 Å². The maximum Gasteiger partial charge on any atom is 0.191 e. The third-order valence-electron chi connectivity index (χ3n) is 4.46. The molecule has 0 spiro atoms. The van der Waals surface area contributed by atoms with Crippen molar-refractivity contribution in [2.24, 2.45) is 4.99 Å². The Morgan fingerprint density at radius 3 is 2.63 bits per heavy atom. The number of hydrogen-bond acceptors (Lipinski definition) is 3. The molecule has 0 amide bonds. The van der Waals surface area contributed by atoms with Gasteiger partial charge in [-0.25, -0.2) is 4.99 Å². The van der Waals surface area contributed by atoms with E-state index in [1.165, 1.54) is 0 Å². The first-order chi connectivity index (χ1) is 12.9. The molecule has 1 aromatic carbocycles. The molecule has 2 rings (SSSR count). The Morgan fingerprint density at radius 2 is 2.00 bits per heavy atom. The number of likely N-dealkylation sites (tertiary alicyclic amines) is 1. The van der Waals surface area contributed by atoms with Gasteiger partial charge in [-0.05, 0) is 46.6 Å². The molecule has 1 heterocycles. The third-order valence-corrected chi connectivity index (χ3v) is 4.46. The van der Waals surface area contributed by atoms with Gasteiger partial charge in [-0.15, -0.1) is 6.58 Å². The van der Waals surface area contributed by atoms with Crippen LogP contribution in [0, 0.1) is 0 Å². The largest absolute Gasteiger partial charge is 0.488 e. The fourth-order valence-corrected chi connectivity index (χ4v) is 3.18. The highest BCUT2D eigenvalue weighted by molar-refractivity contribution is 5.80. The average Bonchev–Trinajstić information content (AvgIpc) is 2.61. The minimum absolute atomic E-state index is 0.220. The fourth-order valence-electron chi connectivity index (χ4n) is 3.18. The minimum atomic E-state index is -0.220. The van der Waals surface area contributed by atoms with Crippen molar-refractivity contribution in [2.45, 2.75) is 58.7 Å². The molecule has 0 saturated carbocycles. The zero-order valence-electron chi connectivity index (χ0n) is 17.4. The second-order valence-electron chi connectivity index (χ2n) is 8.03. The summed E-state index contributed by atoms with van der Waals surface area (Å²) in [6, 6.07) is 8.61. The maximum atomic E-state index is 6.09. The quantitative estimate of drug-likeness (QED) is 0.436. The van der Waals surface area contributed by atoms with Crippen LogP contribution < -0.4 is 15.4 Å². The molecule has 5 nitrogen and oxygen atoms in total. The Balaban J connectivity index is 1.99. The Bertz CT molecular complexity index is 613. The Hall–Kier alpha value is -2.01. The standard InChI is InChI=1S/C22H36N4O/c1-6-14-26-15-12-19(13-16-26)25-21(23-7-2)24-17-18-10-8-9-11-20(18)27-22(3,4)5/h6,8-11,19H,1,7,12-17H2,2-5H3,(H2,23,24,25). The second-order valence-corrected chi connectivity index (χ2v) is 8.03. The molecular formula is C22H36N4O. The normalized spacial score (nSPS) is 16.8. The Labute approximate surface area is 164 Å². The topological polar surface area (TPSA) is 48.9 Å². The fraction of sp³-hybridized carbons (Fsp3) is 0.591. The summed E-state index contributed by atoms with van der Waals surface area (Å²) in [6.45, 7) is 16.8. The zero-order valence-corrected chi connectivity index (χ0v) is 17.4. The lowest BCUT2D eigenvalue weighted by Gasteiger charge is -2.32. The van der Waals surface area contributed by atoms with Crippen LogP contribution >= 0.6 is 0 Å². The number of ether oxygens (including phenoxy) is 1. The van der Waals surface area contributed by atoms with Gasteiger partial charge in [0.2, 0.25) is 0 Å². The number of aliphatic imine (C=N–C) groups is 1. The van der Waals surface area contributed by atoms with Crippen LogP contribution in [0.2, 0.25) is 0 Å². The summed E-state index contributed by atoms with van der Waals surface area (Å²) < 4.78 is 6.09. The van der Waals surface area contributed by atoms with Crippen LogP contribution in [0.4, 0.5) is 0 Å². The summed E-state index contributed by atoms with van der Waals surface area (Å²) in [6.07, 6.45) is 4.24. The maximum absolute atomic E-state index is 6.09. The summed E-state index contributed by atoms with van der Waals surface area (Å²) in [5.74, 6) is 1.78. The molecule has 0 radical (unpaired) electrons. The molecule has 1 aliphatic rings. The van der Waals surface area contributed by atoms with Gasteiger partial charge in [0, 0.05) is 37.8 Å². The summed E-state index contributed by atoms with van der Waals surface area (Å²) in [4.78, 5) is 7.25. The highest BCUT2D eigenvalue weighted by atomic mass is 16.5. The number of piperidine rings is 1. The van der Waals surface area contributed by atoms with E-state index in [-0.39, 0.29) is 5.60 Å². The molecule has 0 aliphatic carbocycles. The molecule has 1 aliphatic heterocycles. The van der Waals surface area contributed by atoms with Crippen molar-refractivity contribution in [1.29, 1.82) is 0 Å². The highest BCUT2D eigenvalue weighted by Gasteiger charge is 2.19. The number of hydrogen-bond donors (Lipinski definition) is 2. The van der Waals surface area contributed by atoms with E-state index in [9.17, 15) is 0 Å². The molecule has 1 fully saturated rings. The van der Waals surface area contributed by atoms with Crippen LogP contribution in [0.5, 0.6) is 5.75 Å². The van der Waals surface area contributed by atoms with Crippen molar-refractivity contribution in [3.8, 4) is 5.75 Å². The lowest BCUT2D eigenvalue weighted by atomic mass is 10.1. The molecule has 2 N–H and O–H groups in total. The van der Waals surface area contributed by atoms with Crippen molar-refractivity contribution >= 4 is 5.96 Å². The van der Waals surface area contributed by atoms with Gasteiger partial charge in [-0.2, -0.15) is 0 Å². The predicted molar refractivity (Wildman–Crippen MR) is 114 cm³/mol. The van der Waals surface area contributed by atoms with Crippen LogP contribution in [0.15, 0.2) is 41.9 Å². The average molecular weight is 373 g/mol. The first kappa shape index (κ1) is 21.3. The predicted octanol–water partition coefficient (Wildman–Crippen LogP) is 3.57. The van der Waals surface area contributed by atoms with E-state index in [1.54, 1.807) is 0 Å². The number of nitrogens with one attached hydrogen (secondary N) is 2. The Morgan fingerprint density at radius 1 is 1.30 bits per heavy atom. The molecule has 0 aromatic heterocycles. The van der Waals surface area contributed by atoms with Crippen LogP contribution in [0.1, 0.15) is 46.1 Å². The van der Waals surface area contributed by atoms with E-state index in [2.05, 4.69) is 55.9 Å². The molecule has 27 heavy (non-hydrogen) atoms. The third kappa shape index (κ3) is 7.63. The molecule has 0 atom stereocenters. The summed E-state index contributed by atoms with van der Waals surface area (Å²) in [5, 5.41) is 6.98. The van der Waals surface area contributed by atoms with E-state index >= 15 is 0 Å². The SMILES string of the molecule is C=CCN1CCC(NC(=NCc2ccccc2OC(C)(C)C)NCC)CC1. The van der Waals surface area contributed by atoms with Crippen LogP contribution in [0.25, 0.3) is 0 Å². The number of guanidine groups is 1. The highest BCUT2D eigenvalue weighted by Crippen LogP contribution is 2.23. The summed E-state index contributed by atoms with van der Waals surface area (Å²) in [5.41, 5.74) is 0.882. The smallest absolute Gasteiger partial charge is 0.191 e. The molecule has 150 valence electrons. The monoisotopic (exact) mass is 372 g/mol. The van der Waals surface area contributed by atoms with Gasteiger partial charge in [0.1, 0.15) is 11.4 Å². The van der Waals surface area contributed by atoms with E-state index < -0.39 is 0 Å². The van der Waals surface area contributed by atoms with E-state index in [0.717, 1.165) is 56.3 Å². The minimum Gasteiger partial charge on any atom is -0.488 e. The molecule has 1 saturated heterocycles. The molecule has 5 heteroatoms. The van der Waals surface area contributed by atoms with Crippen molar-refractivity contribution in [3.05, 3.63) is 42.5 Å². The zero-order chi connectivity index (χ0) is 19.7. The first-order valence-corrected chi connectivity index (χ1v) is 10.1. The number of rotatable bonds is 7. The molecular weight excluding hydrogens is 336 g/mol. The van der Waals surface area contributed by atoms with E-state index in [0.29, 0.717) is 12.6 Å². The van der Waals surface area contributed by atoms with Crippen molar-refractivity contribution in [1.82, 2.24) is 15.5 Å². The van der Waals surface area contributed by atoms with Crippen LogP contribution in [0.3, 0.4) is 0 Å². The molecule has 0 unspecified atom stereocenters.